The van der Waals surface area contributed by atoms with Gasteiger partial charge in [0.1, 0.15) is 5.03 Å². The molecule has 0 atom stereocenters. The molecule has 1 aliphatic carbocycles. The van der Waals surface area contributed by atoms with Crippen molar-refractivity contribution in [3.8, 4) is 0 Å². The Labute approximate surface area is 223 Å². The lowest BCUT2D eigenvalue weighted by atomic mass is 10.0. The van der Waals surface area contributed by atoms with Gasteiger partial charge in [0.15, 0.2) is 0 Å². The molecule has 34 heavy (non-hydrogen) atoms. The maximum Gasteiger partial charge on any atom is 0.202 e. The number of aliphatic imine (C=N–C) groups is 1. The average molecular weight is 533 g/mol. The highest BCUT2D eigenvalue weighted by molar-refractivity contribution is 6.49. The van der Waals surface area contributed by atoms with Gasteiger partial charge in [-0.15, -0.1) is 0 Å². The van der Waals surface area contributed by atoms with Gasteiger partial charge in [-0.1, -0.05) is 11.6 Å². The van der Waals surface area contributed by atoms with Crippen molar-refractivity contribution in [3.63, 3.8) is 0 Å². The van der Waals surface area contributed by atoms with Gasteiger partial charge in [-0.05, 0) is 37.3 Å². The van der Waals surface area contributed by atoms with Gasteiger partial charge in [0.2, 0.25) is 5.78 Å². The SMILES string of the molecule is CC1=CC(=Nc2ccc(N(CCC[N+](C)(C)C)CCC[N+](C)(C)C)cc2)C(N)=C(Cl)C1=O.[Cl-].[Cl-]. The monoisotopic (exact) mass is 531 g/mol. The number of nitrogens with zero attached hydrogens (tertiary/aromatic N) is 4. The van der Waals surface area contributed by atoms with Gasteiger partial charge >= 0.3 is 0 Å². The van der Waals surface area contributed by atoms with Crippen molar-refractivity contribution in [2.75, 3.05) is 73.4 Å². The molecular weight excluding hydrogens is 493 g/mol. The third-order valence-electron chi connectivity index (χ3n) is 5.40. The van der Waals surface area contributed by atoms with Crippen LogP contribution in [0.15, 0.2) is 51.6 Å². The van der Waals surface area contributed by atoms with Gasteiger partial charge in [0.05, 0.1) is 72.5 Å². The fourth-order valence-electron chi connectivity index (χ4n) is 3.57. The summed E-state index contributed by atoms with van der Waals surface area (Å²) in [6, 6.07) is 8.22. The molecule has 1 aliphatic rings. The van der Waals surface area contributed by atoms with Gasteiger partial charge in [-0.2, -0.15) is 0 Å². The number of ketones is 1. The van der Waals surface area contributed by atoms with E-state index in [4.69, 9.17) is 17.3 Å². The molecule has 0 bridgehead atoms. The summed E-state index contributed by atoms with van der Waals surface area (Å²) in [5.41, 5.74) is 9.31. The Morgan fingerprint density at radius 2 is 1.38 bits per heavy atom. The first-order valence-corrected chi connectivity index (χ1v) is 11.6. The van der Waals surface area contributed by atoms with Crippen molar-refractivity contribution in [1.29, 1.82) is 0 Å². The summed E-state index contributed by atoms with van der Waals surface area (Å²) in [5, 5.41) is 0.0426. The summed E-state index contributed by atoms with van der Waals surface area (Å²) < 4.78 is 1.94. The largest absolute Gasteiger partial charge is 1.00 e. The highest BCUT2D eigenvalue weighted by Crippen LogP contribution is 2.25. The van der Waals surface area contributed by atoms with E-state index in [0.29, 0.717) is 11.3 Å². The number of benzene rings is 1. The molecule has 0 fully saturated rings. The van der Waals surface area contributed by atoms with Crippen LogP contribution in [0.4, 0.5) is 11.4 Å². The second kappa shape index (κ2) is 13.5. The van der Waals surface area contributed by atoms with Crippen LogP contribution in [-0.2, 0) is 4.79 Å². The van der Waals surface area contributed by atoms with Crippen molar-refractivity contribution in [1.82, 2.24) is 0 Å². The van der Waals surface area contributed by atoms with Crippen LogP contribution in [0.3, 0.4) is 0 Å². The van der Waals surface area contributed by atoms with E-state index in [1.165, 1.54) is 5.69 Å². The van der Waals surface area contributed by atoms with Crippen molar-refractivity contribution >= 4 is 34.5 Å². The number of quaternary nitrogens is 2. The maximum absolute atomic E-state index is 11.9. The first-order chi connectivity index (χ1) is 14.8. The molecule has 0 radical (unpaired) electrons. The maximum atomic E-state index is 11.9. The molecule has 9 heteroatoms. The number of hydrogen-bond donors (Lipinski definition) is 1. The molecule has 0 heterocycles. The van der Waals surface area contributed by atoms with E-state index in [-0.39, 0.29) is 41.3 Å². The molecule has 1 aromatic rings. The quantitative estimate of drug-likeness (QED) is 0.273. The van der Waals surface area contributed by atoms with Gasteiger partial charge in [-0.25, -0.2) is 4.99 Å². The van der Waals surface area contributed by atoms with Gasteiger partial charge in [0.25, 0.3) is 0 Å². The number of carbonyl (C=O) groups is 1. The van der Waals surface area contributed by atoms with E-state index < -0.39 is 0 Å². The topological polar surface area (TPSA) is 58.7 Å². The molecule has 0 spiro atoms. The summed E-state index contributed by atoms with van der Waals surface area (Å²) in [4.78, 5) is 19.0. The summed E-state index contributed by atoms with van der Waals surface area (Å²) in [7, 11) is 13.4. The molecule has 0 aliphatic heterocycles. The zero-order chi connectivity index (χ0) is 24.1. The number of carbonyl (C=O) groups excluding carboxylic acids is 1. The van der Waals surface area contributed by atoms with Crippen molar-refractivity contribution in [2.45, 2.75) is 19.8 Å². The Morgan fingerprint density at radius 1 is 0.912 bits per heavy atom. The minimum absolute atomic E-state index is 0. The Bertz CT molecular complexity index is 890. The molecule has 0 amide bonds. The van der Waals surface area contributed by atoms with E-state index in [2.05, 4.69) is 64.3 Å². The molecule has 0 saturated heterocycles. The van der Waals surface area contributed by atoms with Crippen LogP contribution in [0.25, 0.3) is 0 Å². The second-order valence-electron chi connectivity index (χ2n) is 10.6. The first kappa shape index (κ1) is 32.4. The number of Topliss-reactive ketones (excluding diaryl/α,β-unsaturated/α-hetero) is 1. The zero-order valence-electron chi connectivity index (χ0n) is 21.5. The van der Waals surface area contributed by atoms with Crippen LogP contribution in [0.5, 0.6) is 0 Å². The number of anilines is 1. The van der Waals surface area contributed by atoms with Crippen LogP contribution in [0.1, 0.15) is 19.8 Å². The van der Waals surface area contributed by atoms with E-state index >= 15 is 0 Å². The molecule has 0 unspecified atom stereocenters. The summed E-state index contributed by atoms with van der Waals surface area (Å²) >= 11 is 6.08. The average Bonchev–Trinajstić information content (AvgIpc) is 2.68. The lowest BCUT2D eigenvalue weighted by Crippen LogP contribution is -3.00. The van der Waals surface area contributed by atoms with Gasteiger partial charge in [0, 0.05) is 37.2 Å². The Hall–Kier alpha value is -1.57. The van der Waals surface area contributed by atoms with Crippen LogP contribution in [-0.4, -0.2) is 88.9 Å². The highest BCUT2D eigenvalue weighted by atomic mass is 35.5. The molecule has 1 aromatic carbocycles. The third kappa shape index (κ3) is 10.4. The molecule has 0 saturated carbocycles. The van der Waals surface area contributed by atoms with Gasteiger partial charge < -0.3 is 44.4 Å². The third-order valence-corrected chi connectivity index (χ3v) is 5.78. The molecule has 0 aromatic heterocycles. The smallest absolute Gasteiger partial charge is 0.202 e. The van der Waals surface area contributed by atoms with Crippen LogP contribution in [0.2, 0.25) is 0 Å². The van der Waals surface area contributed by atoms with Gasteiger partial charge in [-0.3, -0.25) is 4.79 Å². The van der Waals surface area contributed by atoms with Crippen molar-refractivity contribution in [2.24, 2.45) is 10.7 Å². The lowest BCUT2D eigenvalue weighted by Gasteiger charge is -2.30. The molecule has 2 rings (SSSR count). The molecule has 6 nitrogen and oxygen atoms in total. The normalized spacial score (nSPS) is 15.6. The summed E-state index contributed by atoms with van der Waals surface area (Å²) in [5.74, 6) is -0.239. The predicted octanol–water partition coefficient (Wildman–Crippen LogP) is -2.30. The Balaban J connectivity index is 0.00000544. The Morgan fingerprint density at radius 3 is 1.82 bits per heavy atom. The number of halogens is 3. The van der Waals surface area contributed by atoms with E-state index in [1.807, 2.05) is 12.1 Å². The fraction of sp³-hybridized carbons (Fsp3) is 0.520. The number of hydrogen-bond acceptors (Lipinski definition) is 4. The van der Waals surface area contributed by atoms with E-state index in [9.17, 15) is 4.79 Å². The minimum atomic E-state index is -0.239. The fourth-order valence-corrected chi connectivity index (χ4v) is 3.81. The second-order valence-corrected chi connectivity index (χ2v) is 11.0. The molecule has 192 valence electrons. The number of rotatable bonds is 10. The molecular formula is C25H40Cl3N5O. The van der Waals surface area contributed by atoms with Crippen LogP contribution >= 0.6 is 11.6 Å². The Kier molecular flexibility index (Phi) is 12.9. The first-order valence-electron chi connectivity index (χ1n) is 11.2. The predicted molar refractivity (Wildman–Crippen MR) is 137 cm³/mol. The van der Waals surface area contributed by atoms with Crippen LogP contribution in [0, 0.1) is 0 Å². The number of allylic oxidation sites excluding steroid dienone is 3. The summed E-state index contributed by atoms with van der Waals surface area (Å²) in [6.45, 7) is 6.04. The molecule has 2 N–H and O–H groups in total. The number of nitrogens with two attached hydrogens (primary N) is 1. The standard InChI is InChI=1S/C25H39ClN5O.2ClH/c1-19-18-22(24(27)23(26)25(19)32)28-20-10-12-21(13-11-20)29(14-8-16-30(2,3)4)15-9-17-31(5,6)7;;/h10-13,18H,8-9,14-17H2,1-7H3,(H-,27,32);2*1H/q+1;;/p-1. The van der Waals surface area contributed by atoms with Crippen LogP contribution < -0.4 is 35.4 Å². The van der Waals surface area contributed by atoms with Crippen molar-refractivity contribution < 1.29 is 38.6 Å². The zero-order valence-corrected chi connectivity index (χ0v) is 23.8. The minimum Gasteiger partial charge on any atom is -1.00 e. The van der Waals surface area contributed by atoms with Crippen molar-refractivity contribution in [3.05, 3.63) is 46.6 Å². The lowest BCUT2D eigenvalue weighted by molar-refractivity contribution is -0.870. The summed E-state index contributed by atoms with van der Waals surface area (Å²) in [6.07, 6.45) is 3.96. The highest BCUT2D eigenvalue weighted by Gasteiger charge is 2.22. The van der Waals surface area contributed by atoms with E-state index in [1.54, 1.807) is 13.0 Å². The van der Waals surface area contributed by atoms with E-state index in [0.717, 1.165) is 53.7 Å².